The summed E-state index contributed by atoms with van der Waals surface area (Å²) in [7, 11) is 0. The molecule has 0 atom stereocenters. The Hall–Kier alpha value is -2.63. The third-order valence-corrected chi connectivity index (χ3v) is 4.67. The van der Waals surface area contributed by atoms with E-state index in [2.05, 4.69) is 10.3 Å². The molecule has 0 unspecified atom stereocenters. The minimum Gasteiger partial charge on any atom is -0.458 e. The highest BCUT2D eigenvalue weighted by Crippen LogP contribution is 2.24. The van der Waals surface area contributed by atoms with Gasteiger partial charge in [0.05, 0.1) is 0 Å². The van der Waals surface area contributed by atoms with Gasteiger partial charge in [0.15, 0.2) is 0 Å². The number of amides is 1. The van der Waals surface area contributed by atoms with E-state index in [9.17, 15) is 9.59 Å². The van der Waals surface area contributed by atoms with Crippen LogP contribution in [0, 0.1) is 12.8 Å². The Balaban J connectivity index is 1.47. The van der Waals surface area contributed by atoms with E-state index in [0.29, 0.717) is 17.3 Å². The van der Waals surface area contributed by atoms with Gasteiger partial charge in [0.2, 0.25) is 11.8 Å². The van der Waals surface area contributed by atoms with Gasteiger partial charge in [-0.1, -0.05) is 37.5 Å². The number of ether oxygens (including phenoxy) is 1. The van der Waals surface area contributed by atoms with Crippen molar-refractivity contribution in [1.29, 1.82) is 0 Å². The van der Waals surface area contributed by atoms with Gasteiger partial charge in [0, 0.05) is 11.5 Å². The van der Waals surface area contributed by atoms with Crippen molar-refractivity contribution in [3.63, 3.8) is 0 Å². The van der Waals surface area contributed by atoms with E-state index in [0.717, 1.165) is 31.2 Å². The van der Waals surface area contributed by atoms with Gasteiger partial charge in [-0.2, -0.15) is 0 Å². The van der Waals surface area contributed by atoms with Crippen molar-refractivity contribution in [3.05, 3.63) is 41.8 Å². The van der Waals surface area contributed by atoms with Gasteiger partial charge in [0.1, 0.15) is 24.6 Å². The first kappa shape index (κ1) is 18.2. The maximum absolute atomic E-state index is 12.0. The summed E-state index contributed by atoms with van der Waals surface area (Å²) in [6.07, 6.45) is 5.16. The van der Waals surface area contributed by atoms with Crippen LogP contribution in [0.15, 0.2) is 34.7 Å². The molecule has 1 N–H and O–H groups in total. The van der Waals surface area contributed by atoms with Crippen LogP contribution in [0.2, 0.25) is 0 Å². The molecule has 1 aliphatic carbocycles. The zero-order valence-electron chi connectivity index (χ0n) is 15.0. The van der Waals surface area contributed by atoms with Crippen LogP contribution < -0.4 is 5.32 Å². The Bertz CT molecular complexity index is 748. The van der Waals surface area contributed by atoms with Crippen LogP contribution in [-0.2, 0) is 20.9 Å². The number of nitrogens with one attached hydrogen (secondary N) is 1. The number of carbonyl (C=O) groups excluding carboxylic acids is 2. The molecule has 1 saturated carbocycles. The van der Waals surface area contributed by atoms with Crippen molar-refractivity contribution in [2.24, 2.45) is 5.92 Å². The topological polar surface area (TPSA) is 81.4 Å². The smallest absolute Gasteiger partial charge is 0.325 e. The molecule has 0 aliphatic heterocycles. The van der Waals surface area contributed by atoms with E-state index in [1.54, 1.807) is 6.92 Å². The first-order valence-corrected chi connectivity index (χ1v) is 9.08. The lowest BCUT2D eigenvalue weighted by atomic mass is 9.89. The number of esters is 1. The fourth-order valence-electron chi connectivity index (χ4n) is 3.13. The lowest BCUT2D eigenvalue weighted by Crippen LogP contribution is -2.36. The van der Waals surface area contributed by atoms with E-state index in [4.69, 9.17) is 9.15 Å². The molecule has 0 spiro atoms. The monoisotopic (exact) mass is 356 g/mol. The minimum absolute atomic E-state index is 0.0281. The number of rotatable bonds is 6. The van der Waals surface area contributed by atoms with Crippen LogP contribution in [0.5, 0.6) is 0 Å². The molecule has 1 aromatic carbocycles. The molecular weight excluding hydrogens is 332 g/mol. The summed E-state index contributed by atoms with van der Waals surface area (Å²) in [5, 5.41) is 2.68. The van der Waals surface area contributed by atoms with E-state index in [-0.39, 0.29) is 25.0 Å². The van der Waals surface area contributed by atoms with Crippen LogP contribution in [-0.4, -0.2) is 23.4 Å². The average Bonchev–Trinajstić information content (AvgIpc) is 3.06. The van der Waals surface area contributed by atoms with E-state index < -0.39 is 5.97 Å². The van der Waals surface area contributed by atoms with E-state index in [1.807, 2.05) is 30.3 Å². The van der Waals surface area contributed by atoms with Gasteiger partial charge in [-0.15, -0.1) is 0 Å². The summed E-state index contributed by atoms with van der Waals surface area (Å²) in [6.45, 7) is 1.70. The molecule has 1 fully saturated rings. The number of hydrogen-bond donors (Lipinski definition) is 1. The SMILES string of the molecule is Cc1oc(-c2ccccc2)nc1COC(=O)CNC(=O)C1CCCCC1. The first-order chi connectivity index (χ1) is 12.6. The highest BCUT2D eigenvalue weighted by molar-refractivity contribution is 5.83. The summed E-state index contributed by atoms with van der Waals surface area (Å²) in [6, 6.07) is 9.54. The molecule has 0 bridgehead atoms. The molecule has 6 nitrogen and oxygen atoms in total. The molecule has 26 heavy (non-hydrogen) atoms. The Morgan fingerprint density at radius 1 is 1.19 bits per heavy atom. The summed E-state index contributed by atoms with van der Waals surface area (Å²) in [4.78, 5) is 28.3. The molecule has 1 aromatic heterocycles. The number of oxazole rings is 1. The number of benzene rings is 1. The van der Waals surface area contributed by atoms with Crippen molar-refractivity contribution < 1.29 is 18.7 Å². The molecule has 1 heterocycles. The number of aryl methyl sites for hydroxylation is 1. The summed E-state index contributed by atoms with van der Waals surface area (Å²) >= 11 is 0. The molecule has 0 saturated heterocycles. The molecule has 1 amide bonds. The van der Waals surface area contributed by atoms with Gasteiger partial charge in [-0.05, 0) is 31.9 Å². The third kappa shape index (κ3) is 4.71. The van der Waals surface area contributed by atoms with Crippen LogP contribution in [0.1, 0.15) is 43.6 Å². The predicted octanol–water partition coefficient (Wildman–Crippen LogP) is 3.39. The van der Waals surface area contributed by atoms with Crippen LogP contribution >= 0.6 is 0 Å². The largest absolute Gasteiger partial charge is 0.458 e. The molecule has 3 rings (SSSR count). The fraction of sp³-hybridized carbons (Fsp3) is 0.450. The highest BCUT2D eigenvalue weighted by atomic mass is 16.5. The summed E-state index contributed by atoms with van der Waals surface area (Å²) < 4.78 is 10.9. The number of carbonyl (C=O) groups is 2. The van der Waals surface area contributed by atoms with E-state index in [1.165, 1.54) is 6.42 Å². The van der Waals surface area contributed by atoms with E-state index >= 15 is 0 Å². The molecular formula is C20H24N2O4. The highest BCUT2D eigenvalue weighted by Gasteiger charge is 2.21. The Kier molecular flexibility index (Phi) is 6.04. The maximum Gasteiger partial charge on any atom is 0.325 e. The third-order valence-electron chi connectivity index (χ3n) is 4.67. The molecule has 1 aliphatic rings. The van der Waals surface area contributed by atoms with Gasteiger partial charge in [-0.25, -0.2) is 4.98 Å². The standard InChI is InChI=1S/C20H24N2O4/c1-14-17(22-20(26-14)16-10-6-3-7-11-16)13-25-18(23)12-21-19(24)15-8-4-2-5-9-15/h3,6-7,10-11,15H,2,4-5,8-9,12-13H2,1H3,(H,21,24). The lowest BCUT2D eigenvalue weighted by Gasteiger charge is -2.20. The van der Waals surface area contributed by atoms with Crippen LogP contribution in [0.3, 0.4) is 0 Å². The maximum atomic E-state index is 12.0. The van der Waals surface area contributed by atoms with Crippen LogP contribution in [0.25, 0.3) is 11.5 Å². The van der Waals surface area contributed by atoms with Gasteiger partial charge in [0.25, 0.3) is 0 Å². The lowest BCUT2D eigenvalue weighted by molar-refractivity contribution is -0.145. The zero-order valence-corrected chi connectivity index (χ0v) is 15.0. The Morgan fingerprint density at radius 3 is 2.65 bits per heavy atom. The second-order valence-electron chi connectivity index (χ2n) is 6.60. The summed E-state index contributed by atoms with van der Waals surface area (Å²) in [5.41, 5.74) is 1.45. The number of aromatic nitrogens is 1. The first-order valence-electron chi connectivity index (χ1n) is 9.08. The average molecular weight is 356 g/mol. The Labute approximate surface area is 152 Å². The van der Waals surface area contributed by atoms with Crippen LogP contribution in [0.4, 0.5) is 0 Å². The zero-order chi connectivity index (χ0) is 18.4. The van der Waals surface area contributed by atoms with Gasteiger partial charge < -0.3 is 14.5 Å². The number of hydrogen-bond acceptors (Lipinski definition) is 5. The van der Waals surface area contributed by atoms with Crippen molar-refractivity contribution in [2.75, 3.05) is 6.54 Å². The Morgan fingerprint density at radius 2 is 1.92 bits per heavy atom. The quantitative estimate of drug-likeness (QED) is 0.802. The predicted molar refractivity (Wildman–Crippen MR) is 96.1 cm³/mol. The second-order valence-corrected chi connectivity index (χ2v) is 6.60. The van der Waals surface area contributed by atoms with Crippen molar-refractivity contribution >= 4 is 11.9 Å². The van der Waals surface area contributed by atoms with Gasteiger partial charge in [-0.3, -0.25) is 9.59 Å². The molecule has 2 aromatic rings. The summed E-state index contributed by atoms with van der Waals surface area (Å²) in [5.74, 6) is 0.619. The second kappa shape index (κ2) is 8.65. The van der Waals surface area contributed by atoms with Crippen molar-refractivity contribution in [2.45, 2.75) is 45.6 Å². The molecule has 6 heteroatoms. The molecule has 138 valence electrons. The normalized spacial score (nSPS) is 14.8. The van der Waals surface area contributed by atoms with Gasteiger partial charge >= 0.3 is 5.97 Å². The van der Waals surface area contributed by atoms with Crippen molar-refractivity contribution in [3.8, 4) is 11.5 Å². The number of nitrogens with zero attached hydrogens (tertiary/aromatic N) is 1. The van der Waals surface area contributed by atoms with Crippen molar-refractivity contribution in [1.82, 2.24) is 10.3 Å². The minimum atomic E-state index is -0.474. The molecule has 0 radical (unpaired) electrons. The fourth-order valence-corrected chi connectivity index (χ4v) is 3.13.